The number of ether oxygens (including phenoxy) is 2. The van der Waals surface area contributed by atoms with Crippen molar-refractivity contribution >= 4 is 5.78 Å². The number of methoxy groups -OCH3 is 1. The minimum absolute atomic E-state index is 0.0557. The van der Waals surface area contributed by atoms with Crippen molar-refractivity contribution in [3.8, 4) is 0 Å². The van der Waals surface area contributed by atoms with Gasteiger partial charge in [-0.1, -0.05) is 30.3 Å². The molecule has 0 aliphatic heterocycles. The first-order valence-corrected chi connectivity index (χ1v) is 6.98. The average Bonchev–Trinajstić information content (AvgIpc) is 3.03. The molecule has 19 heavy (non-hydrogen) atoms. The van der Waals surface area contributed by atoms with Crippen LogP contribution < -0.4 is 0 Å². The first-order chi connectivity index (χ1) is 9.23. The predicted octanol–water partition coefficient (Wildman–Crippen LogP) is 2.84. The van der Waals surface area contributed by atoms with E-state index in [9.17, 15) is 4.79 Å². The van der Waals surface area contributed by atoms with Gasteiger partial charge in [0.05, 0.1) is 11.7 Å². The third kappa shape index (κ3) is 2.33. The highest BCUT2D eigenvalue weighted by Gasteiger charge is 2.53. The van der Waals surface area contributed by atoms with Crippen LogP contribution in [0.15, 0.2) is 30.3 Å². The van der Waals surface area contributed by atoms with Crippen LogP contribution in [0.5, 0.6) is 0 Å². The van der Waals surface area contributed by atoms with Gasteiger partial charge in [0.25, 0.3) is 0 Å². The van der Waals surface area contributed by atoms with Crippen molar-refractivity contribution < 1.29 is 14.3 Å². The number of carbonyl (C=O) groups excluding carboxylic acids is 1. The molecule has 3 unspecified atom stereocenters. The Bertz CT molecular complexity index is 456. The van der Waals surface area contributed by atoms with Crippen molar-refractivity contribution in [3.05, 3.63) is 35.9 Å². The molecule has 1 aromatic carbocycles. The van der Waals surface area contributed by atoms with Crippen molar-refractivity contribution in [1.82, 2.24) is 0 Å². The molecular formula is C16H20O3. The molecule has 0 N–H and O–H groups in total. The molecule has 2 bridgehead atoms. The zero-order chi connectivity index (χ0) is 13.3. The molecule has 0 spiro atoms. The summed E-state index contributed by atoms with van der Waals surface area (Å²) in [4.78, 5) is 12.1. The molecule has 3 heteroatoms. The Balaban J connectivity index is 1.64. The Morgan fingerprint density at radius 1 is 1.37 bits per heavy atom. The maximum Gasteiger partial charge on any atom is 0.188 e. The maximum absolute atomic E-state index is 12.1. The highest BCUT2D eigenvalue weighted by molar-refractivity contribution is 5.97. The monoisotopic (exact) mass is 260 g/mol. The fourth-order valence-electron chi connectivity index (χ4n) is 3.60. The van der Waals surface area contributed by atoms with Gasteiger partial charge in [0.15, 0.2) is 5.78 Å². The molecule has 2 aliphatic carbocycles. The Hall–Kier alpha value is -1.19. The van der Waals surface area contributed by atoms with E-state index in [1.807, 2.05) is 30.3 Å². The van der Waals surface area contributed by atoms with Crippen molar-refractivity contribution in [2.45, 2.75) is 37.4 Å². The second-order valence-electron chi connectivity index (χ2n) is 5.71. The van der Waals surface area contributed by atoms with Crippen LogP contribution in [-0.4, -0.2) is 31.2 Å². The molecule has 102 valence electrons. The summed E-state index contributed by atoms with van der Waals surface area (Å²) in [6, 6.07) is 9.34. The number of Topliss-reactive ketones (excluding diaryl/α,β-unsaturated/α-hetero) is 1. The van der Waals surface area contributed by atoms with E-state index in [-0.39, 0.29) is 24.1 Å². The Labute approximate surface area is 113 Å². The van der Waals surface area contributed by atoms with Gasteiger partial charge in [0, 0.05) is 12.7 Å². The number of ketones is 1. The molecule has 2 aliphatic rings. The molecule has 2 saturated carbocycles. The van der Waals surface area contributed by atoms with Gasteiger partial charge >= 0.3 is 0 Å². The van der Waals surface area contributed by atoms with E-state index in [1.54, 1.807) is 7.11 Å². The van der Waals surface area contributed by atoms with Crippen LogP contribution in [0, 0.1) is 5.92 Å². The summed E-state index contributed by atoms with van der Waals surface area (Å²) in [5, 5.41) is 0. The quantitative estimate of drug-likeness (QED) is 0.764. The number of hydrogen-bond donors (Lipinski definition) is 0. The van der Waals surface area contributed by atoms with E-state index in [1.165, 1.54) is 6.42 Å². The number of carbonyl (C=O) groups is 1. The van der Waals surface area contributed by atoms with Gasteiger partial charge in [0.2, 0.25) is 0 Å². The Morgan fingerprint density at radius 3 is 2.84 bits per heavy atom. The van der Waals surface area contributed by atoms with E-state index in [0.717, 1.165) is 30.7 Å². The molecule has 3 atom stereocenters. The number of fused-ring (bicyclic) bond motifs is 2. The van der Waals surface area contributed by atoms with Gasteiger partial charge < -0.3 is 9.47 Å². The third-order valence-corrected chi connectivity index (χ3v) is 4.62. The molecule has 0 amide bonds. The molecule has 0 aromatic heterocycles. The van der Waals surface area contributed by atoms with Crippen LogP contribution >= 0.6 is 0 Å². The van der Waals surface area contributed by atoms with Crippen molar-refractivity contribution in [1.29, 1.82) is 0 Å². The van der Waals surface area contributed by atoms with Crippen LogP contribution in [0.3, 0.4) is 0 Å². The average molecular weight is 260 g/mol. The lowest BCUT2D eigenvalue weighted by Gasteiger charge is -2.33. The summed E-state index contributed by atoms with van der Waals surface area (Å²) >= 11 is 0. The fourth-order valence-corrected chi connectivity index (χ4v) is 3.60. The lowest BCUT2D eigenvalue weighted by atomic mass is 9.93. The van der Waals surface area contributed by atoms with Gasteiger partial charge in [-0.25, -0.2) is 0 Å². The molecule has 0 radical (unpaired) electrons. The van der Waals surface area contributed by atoms with Crippen LogP contribution in [0.1, 0.15) is 36.0 Å². The van der Waals surface area contributed by atoms with E-state index >= 15 is 0 Å². The molecule has 3 rings (SSSR count). The highest BCUT2D eigenvalue weighted by atomic mass is 16.5. The summed E-state index contributed by atoms with van der Waals surface area (Å²) in [6.45, 7) is 0.163. The first-order valence-electron chi connectivity index (χ1n) is 6.98. The van der Waals surface area contributed by atoms with Gasteiger partial charge in [0.1, 0.15) is 6.61 Å². The lowest BCUT2D eigenvalue weighted by Crippen LogP contribution is -2.42. The summed E-state index contributed by atoms with van der Waals surface area (Å²) in [5.74, 6) is 0.775. The van der Waals surface area contributed by atoms with Gasteiger partial charge in [-0.2, -0.15) is 0 Å². The van der Waals surface area contributed by atoms with E-state index < -0.39 is 0 Å². The topological polar surface area (TPSA) is 35.5 Å². The summed E-state index contributed by atoms with van der Waals surface area (Å²) in [6.07, 6.45) is 4.52. The largest absolute Gasteiger partial charge is 0.378 e. The highest BCUT2D eigenvalue weighted by Crippen LogP contribution is 2.51. The second-order valence-corrected chi connectivity index (χ2v) is 5.71. The smallest absolute Gasteiger partial charge is 0.188 e. The Morgan fingerprint density at radius 2 is 2.16 bits per heavy atom. The van der Waals surface area contributed by atoms with Crippen LogP contribution in [0.25, 0.3) is 0 Å². The van der Waals surface area contributed by atoms with Gasteiger partial charge in [-0.15, -0.1) is 0 Å². The van der Waals surface area contributed by atoms with Crippen LogP contribution in [0.4, 0.5) is 0 Å². The molecule has 0 saturated heterocycles. The normalized spacial score (nSPS) is 32.7. The maximum atomic E-state index is 12.1. The fraction of sp³-hybridized carbons (Fsp3) is 0.562. The molecule has 2 fully saturated rings. The predicted molar refractivity (Wildman–Crippen MR) is 72.2 cm³/mol. The summed E-state index contributed by atoms with van der Waals surface area (Å²) in [5.41, 5.74) is 0.518. The molecule has 1 aromatic rings. The third-order valence-electron chi connectivity index (χ3n) is 4.62. The van der Waals surface area contributed by atoms with Crippen molar-refractivity contribution in [2.24, 2.45) is 5.92 Å². The number of benzene rings is 1. The zero-order valence-electron chi connectivity index (χ0n) is 11.3. The number of rotatable bonds is 5. The molecular weight excluding hydrogens is 240 g/mol. The first kappa shape index (κ1) is 12.8. The standard InChI is InChI=1S/C16H20O3/c1-18-15-9-12-7-8-16(15,10-12)19-11-14(17)13-5-3-2-4-6-13/h2-6,12,15H,7-11H2,1H3. The zero-order valence-corrected chi connectivity index (χ0v) is 11.3. The number of hydrogen-bond acceptors (Lipinski definition) is 3. The second kappa shape index (κ2) is 5.06. The minimum Gasteiger partial charge on any atom is -0.378 e. The van der Waals surface area contributed by atoms with Gasteiger partial charge in [-0.05, 0) is 31.6 Å². The SMILES string of the molecule is COC1CC2CCC1(OCC(=O)c1ccccc1)C2. The molecule has 3 nitrogen and oxygen atoms in total. The van der Waals surface area contributed by atoms with Crippen LogP contribution in [-0.2, 0) is 9.47 Å². The van der Waals surface area contributed by atoms with E-state index in [2.05, 4.69) is 0 Å². The van der Waals surface area contributed by atoms with Crippen molar-refractivity contribution in [3.63, 3.8) is 0 Å². The van der Waals surface area contributed by atoms with E-state index in [0.29, 0.717) is 0 Å². The van der Waals surface area contributed by atoms with E-state index in [4.69, 9.17) is 9.47 Å². The van der Waals surface area contributed by atoms with Gasteiger partial charge in [-0.3, -0.25) is 4.79 Å². The lowest BCUT2D eigenvalue weighted by molar-refractivity contribution is -0.114. The van der Waals surface area contributed by atoms with Crippen molar-refractivity contribution in [2.75, 3.05) is 13.7 Å². The minimum atomic E-state index is -0.205. The summed E-state index contributed by atoms with van der Waals surface area (Å²) in [7, 11) is 1.75. The molecule has 0 heterocycles. The van der Waals surface area contributed by atoms with Crippen LogP contribution in [0.2, 0.25) is 0 Å². The Kier molecular flexibility index (Phi) is 3.42. The summed E-state index contributed by atoms with van der Waals surface area (Å²) < 4.78 is 11.6.